The van der Waals surface area contributed by atoms with Crippen LogP contribution in [0.5, 0.6) is 0 Å². The van der Waals surface area contributed by atoms with Gasteiger partial charge in [0.15, 0.2) is 11.7 Å². The first-order valence-corrected chi connectivity index (χ1v) is 21.7. The molecule has 6 heterocycles. The monoisotopic (exact) mass is 918 g/mol. The molecule has 16 nitrogen and oxygen atoms in total. The number of halogens is 4. The summed E-state index contributed by atoms with van der Waals surface area (Å²) in [5.41, 5.74) is 12.7. The molecule has 4 aromatic rings. The predicted octanol–water partition coefficient (Wildman–Crippen LogP) is 6.24. The molecule has 2 aromatic carbocycles. The topological polar surface area (TPSA) is 221 Å². The second-order valence-electron chi connectivity index (χ2n) is 17.6. The summed E-state index contributed by atoms with van der Waals surface area (Å²) in [6.45, 7) is 2.48. The minimum absolute atomic E-state index is 0.152. The summed E-state index contributed by atoms with van der Waals surface area (Å²) in [5, 5.41) is 0. The number of carbonyl (C=O) groups is 4. The summed E-state index contributed by atoms with van der Waals surface area (Å²) in [6, 6.07) is 12.1. The van der Waals surface area contributed by atoms with E-state index in [1.165, 1.54) is 19.3 Å². The summed E-state index contributed by atoms with van der Waals surface area (Å²) in [7, 11) is 0. The van der Waals surface area contributed by atoms with Gasteiger partial charge in [0.05, 0.1) is 55.1 Å². The van der Waals surface area contributed by atoms with Crippen LogP contribution in [0, 0.1) is 23.7 Å². The van der Waals surface area contributed by atoms with Crippen molar-refractivity contribution in [3.63, 3.8) is 0 Å². The molecule has 0 radical (unpaired) electrons. The van der Waals surface area contributed by atoms with E-state index in [1.807, 2.05) is 6.92 Å². The predicted molar refractivity (Wildman–Crippen MR) is 227 cm³/mol. The highest BCUT2D eigenvalue weighted by atomic mass is 19.3. The number of hydrogen-bond donors (Lipinski definition) is 4. The second kappa shape index (κ2) is 18.4. The number of aromatic nitrogens is 4. The third kappa shape index (κ3) is 10.0. The standard InChI is InChI=1S/C46H50F4N8O8/c1-26-19-32(15-18-64-26)44(2,66-43(52)62)41(60)58-25-46(49,50)21-36(58)39-54-23-34(56-39)30-11-7-28(8-12-30)4-3-27-5-9-29(10-6-27)33-22-53-38(55-33)35-20-45(47,48)24-57(35)40(59)37(65-42(51)61)31-13-16-63-17-14-31/h5-12,22-23,26,31-32,35-37H,13-21,24-25H2,1-2H3,(H2,51,61)(H2,52,62)(H,53,55)(H,54,56)/t26?,32?,35?,36?,37-,44-/m0/s1. The zero-order valence-corrected chi connectivity index (χ0v) is 36.2. The van der Waals surface area contributed by atoms with Crippen molar-refractivity contribution in [2.24, 2.45) is 23.3 Å². The number of aromatic amines is 2. The van der Waals surface area contributed by atoms with Crippen LogP contribution < -0.4 is 11.5 Å². The number of likely N-dealkylation sites (tertiary alicyclic amines) is 2. The van der Waals surface area contributed by atoms with Gasteiger partial charge in [-0.15, -0.1) is 0 Å². The van der Waals surface area contributed by atoms with Crippen LogP contribution >= 0.6 is 0 Å². The summed E-state index contributed by atoms with van der Waals surface area (Å²) >= 11 is 0. The van der Waals surface area contributed by atoms with Gasteiger partial charge >= 0.3 is 12.2 Å². The third-order valence-corrected chi connectivity index (χ3v) is 12.8. The van der Waals surface area contributed by atoms with Crippen molar-refractivity contribution < 1.29 is 55.7 Å². The second-order valence-corrected chi connectivity index (χ2v) is 17.6. The van der Waals surface area contributed by atoms with Crippen molar-refractivity contribution in [1.29, 1.82) is 0 Å². The molecule has 0 aliphatic carbocycles. The maximum absolute atomic E-state index is 15.1. The Morgan fingerprint density at radius 1 is 0.788 bits per heavy atom. The minimum Gasteiger partial charge on any atom is -0.436 e. The minimum atomic E-state index is -3.22. The van der Waals surface area contributed by atoms with Crippen LogP contribution in [0.15, 0.2) is 60.9 Å². The Kier molecular flexibility index (Phi) is 12.9. The lowest BCUT2D eigenvalue weighted by Gasteiger charge is -2.41. The Morgan fingerprint density at radius 2 is 1.30 bits per heavy atom. The van der Waals surface area contributed by atoms with Crippen molar-refractivity contribution in [2.75, 3.05) is 32.9 Å². The van der Waals surface area contributed by atoms with Crippen molar-refractivity contribution in [2.45, 2.75) is 94.1 Å². The molecule has 8 rings (SSSR count). The first-order chi connectivity index (χ1) is 31.4. The van der Waals surface area contributed by atoms with Crippen LogP contribution in [0.2, 0.25) is 0 Å². The maximum atomic E-state index is 15.1. The normalized spacial score (nSPS) is 24.2. The first-order valence-electron chi connectivity index (χ1n) is 21.7. The van der Waals surface area contributed by atoms with Crippen molar-refractivity contribution in [3.05, 3.63) is 83.7 Å². The highest BCUT2D eigenvalue weighted by Gasteiger charge is 2.56. The number of benzene rings is 2. The molecular formula is C46H50F4N8O8. The van der Waals surface area contributed by atoms with E-state index in [2.05, 4.69) is 31.8 Å². The van der Waals surface area contributed by atoms with E-state index < -0.39 is 97.4 Å². The smallest absolute Gasteiger partial charge is 0.405 e. The van der Waals surface area contributed by atoms with Gasteiger partial charge in [-0.1, -0.05) is 36.1 Å². The number of nitrogens with zero attached hydrogens (tertiary/aromatic N) is 4. The molecule has 0 saturated carbocycles. The van der Waals surface area contributed by atoms with Gasteiger partial charge in [0.25, 0.3) is 23.7 Å². The van der Waals surface area contributed by atoms with Crippen LogP contribution in [-0.2, 0) is 28.5 Å². The van der Waals surface area contributed by atoms with Crippen LogP contribution in [0.3, 0.4) is 0 Å². The average Bonchev–Trinajstić information content (AvgIpc) is 4.10. The molecule has 4 aliphatic heterocycles. The quantitative estimate of drug-likeness (QED) is 0.104. The van der Waals surface area contributed by atoms with Gasteiger partial charge < -0.3 is 50.2 Å². The fourth-order valence-corrected chi connectivity index (χ4v) is 9.43. The molecule has 20 heteroatoms. The van der Waals surface area contributed by atoms with Crippen molar-refractivity contribution in [3.8, 4) is 34.4 Å². The number of H-pyrrole nitrogens is 2. The molecule has 4 amide bonds. The number of nitrogens with two attached hydrogens (primary N) is 2. The molecule has 4 fully saturated rings. The zero-order valence-electron chi connectivity index (χ0n) is 36.2. The van der Waals surface area contributed by atoms with Gasteiger partial charge in [0.1, 0.15) is 11.6 Å². The van der Waals surface area contributed by atoms with Crippen molar-refractivity contribution in [1.82, 2.24) is 29.7 Å². The third-order valence-electron chi connectivity index (χ3n) is 12.8. The van der Waals surface area contributed by atoms with Gasteiger partial charge in [-0.25, -0.2) is 37.1 Å². The van der Waals surface area contributed by atoms with E-state index in [9.17, 15) is 28.0 Å². The van der Waals surface area contributed by atoms with E-state index in [1.54, 1.807) is 48.5 Å². The molecule has 4 saturated heterocycles. The molecule has 2 aromatic heterocycles. The number of nitrogens with one attached hydrogen (secondary N) is 2. The molecule has 0 bridgehead atoms. The lowest BCUT2D eigenvalue weighted by atomic mass is 9.80. The Bertz CT molecular complexity index is 2500. The van der Waals surface area contributed by atoms with Crippen LogP contribution in [-0.4, -0.2) is 116 Å². The van der Waals surface area contributed by atoms with Gasteiger partial charge in [0.2, 0.25) is 0 Å². The summed E-state index contributed by atoms with van der Waals surface area (Å²) in [5.74, 6) is -2.37. The van der Waals surface area contributed by atoms with E-state index in [0.717, 1.165) is 9.80 Å². The van der Waals surface area contributed by atoms with Crippen LogP contribution in [0.4, 0.5) is 27.2 Å². The fourth-order valence-electron chi connectivity index (χ4n) is 9.43. The molecule has 350 valence electrons. The van der Waals surface area contributed by atoms with Gasteiger partial charge in [-0.05, 0) is 74.9 Å². The Balaban J connectivity index is 0.927. The summed E-state index contributed by atoms with van der Waals surface area (Å²) < 4.78 is 81.5. The molecule has 6 N–H and O–H groups in total. The van der Waals surface area contributed by atoms with Gasteiger partial charge in [-0.3, -0.25) is 9.59 Å². The largest absolute Gasteiger partial charge is 0.436 e. The van der Waals surface area contributed by atoms with E-state index in [-0.39, 0.29) is 17.8 Å². The maximum Gasteiger partial charge on any atom is 0.405 e. The SMILES string of the molecule is CC1CC([C@](C)(OC(N)=O)C(=O)N2CC(F)(F)CC2c2ncc(-c3ccc(C#Cc4ccc(-c5cnc(C6CC(F)(F)CN6C(=O)[C@@H](OC(N)=O)C6CCOCC6)[nH]5)cc4)cc3)[nH]2)CCO1. The average molecular weight is 919 g/mol. The van der Waals surface area contributed by atoms with Crippen molar-refractivity contribution >= 4 is 24.0 Å². The first kappa shape index (κ1) is 46.1. The highest BCUT2D eigenvalue weighted by molar-refractivity contribution is 5.88. The molecule has 66 heavy (non-hydrogen) atoms. The van der Waals surface area contributed by atoms with E-state index in [0.29, 0.717) is 79.1 Å². The van der Waals surface area contributed by atoms with E-state index in [4.69, 9.17) is 30.4 Å². The molecule has 6 atom stereocenters. The van der Waals surface area contributed by atoms with E-state index >= 15 is 8.78 Å². The number of primary amides is 2. The lowest BCUT2D eigenvalue weighted by Crippen LogP contribution is -2.56. The molecule has 4 aliphatic rings. The molecule has 4 unspecified atom stereocenters. The van der Waals surface area contributed by atoms with Crippen LogP contribution in [0.25, 0.3) is 22.5 Å². The number of alkyl halides is 4. The number of rotatable bonds is 10. The zero-order chi connectivity index (χ0) is 47.0. The number of ether oxygens (including phenoxy) is 4. The number of amides is 4. The highest BCUT2D eigenvalue weighted by Crippen LogP contribution is 2.45. The Labute approximate surface area is 377 Å². The van der Waals surface area contributed by atoms with Gasteiger partial charge in [-0.2, -0.15) is 0 Å². The fraction of sp³-hybridized carbons (Fsp3) is 0.478. The number of hydrogen-bond acceptors (Lipinski definition) is 10. The number of imidazole rings is 2. The molecule has 0 spiro atoms. The van der Waals surface area contributed by atoms with Gasteiger partial charge in [0, 0.05) is 55.6 Å². The molecular weight excluding hydrogens is 869 g/mol. The summed E-state index contributed by atoms with van der Waals surface area (Å²) in [4.78, 5) is 68.6. The Morgan fingerprint density at radius 3 is 1.80 bits per heavy atom. The Hall–Kier alpha value is -6.46. The van der Waals surface area contributed by atoms with Crippen LogP contribution in [0.1, 0.15) is 87.2 Å². The summed E-state index contributed by atoms with van der Waals surface area (Å²) in [6.07, 6.45) is -0.709. The number of carbonyl (C=O) groups excluding carboxylic acids is 4. The lowest BCUT2D eigenvalue weighted by molar-refractivity contribution is -0.163.